The summed E-state index contributed by atoms with van der Waals surface area (Å²) in [5.74, 6) is 0.276. The van der Waals surface area contributed by atoms with E-state index in [2.05, 4.69) is 5.32 Å². The molecule has 1 amide bonds. The molecule has 0 bridgehead atoms. The van der Waals surface area contributed by atoms with E-state index in [0.717, 1.165) is 38.8 Å². The van der Waals surface area contributed by atoms with E-state index >= 15 is 0 Å². The first-order valence-corrected chi connectivity index (χ1v) is 7.88. The van der Waals surface area contributed by atoms with Gasteiger partial charge in [0.1, 0.15) is 0 Å². The van der Waals surface area contributed by atoms with Gasteiger partial charge < -0.3 is 15.3 Å². The molecule has 2 N–H and O–H groups in total. The number of aliphatic hydroxyl groups excluding tert-OH is 1. The number of likely N-dealkylation sites (tertiary alicyclic amines) is 1. The molecule has 4 heteroatoms. The first-order chi connectivity index (χ1) is 9.22. The third kappa shape index (κ3) is 2.95. The van der Waals surface area contributed by atoms with E-state index in [9.17, 15) is 9.90 Å². The number of piperidine rings is 1. The van der Waals surface area contributed by atoms with Crippen molar-refractivity contribution in [3.05, 3.63) is 0 Å². The Morgan fingerprint density at radius 1 is 1.21 bits per heavy atom. The summed E-state index contributed by atoms with van der Waals surface area (Å²) in [5.41, 5.74) is -0.00285. The van der Waals surface area contributed by atoms with Gasteiger partial charge in [0, 0.05) is 24.5 Å². The minimum atomic E-state index is -0.00285. The molecule has 4 nitrogen and oxygen atoms in total. The lowest BCUT2D eigenvalue weighted by Gasteiger charge is -2.39. The zero-order chi connectivity index (χ0) is 13.3. The standard InChI is InChI=1S/C15H26N2O2/c18-11-15(7-1-2-8-15)10-17-9-3-4-13(14(17)19)16-12-5-6-12/h12-13,16,18H,1-11H2. The largest absolute Gasteiger partial charge is 0.396 e. The molecule has 0 aromatic rings. The van der Waals surface area contributed by atoms with Crippen LogP contribution in [0.2, 0.25) is 0 Å². The topological polar surface area (TPSA) is 52.6 Å². The molecule has 19 heavy (non-hydrogen) atoms. The number of hydrogen-bond acceptors (Lipinski definition) is 3. The Labute approximate surface area is 115 Å². The molecule has 3 rings (SSSR count). The lowest BCUT2D eigenvalue weighted by atomic mass is 9.85. The molecule has 2 saturated carbocycles. The number of nitrogens with one attached hydrogen (secondary N) is 1. The summed E-state index contributed by atoms with van der Waals surface area (Å²) in [5, 5.41) is 13.2. The van der Waals surface area contributed by atoms with Crippen LogP contribution in [0.1, 0.15) is 51.4 Å². The molecule has 1 saturated heterocycles. The van der Waals surface area contributed by atoms with Crippen LogP contribution in [0.5, 0.6) is 0 Å². The summed E-state index contributed by atoms with van der Waals surface area (Å²) in [4.78, 5) is 14.5. The maximum Gasteiger partial charge on any atom is 0.239 e. The van der Waals surface area contributed by atoms with E-state index in [1.54, 1.807) is 0 Å². The maximum atomic E-state index is 12.5. The summed E-state index contributed by atoms with van der Waals surface area (Å²) >= 11 is 0. The fourth-order valence-electron chi connectivity index (χ4n) is 3.68. The Hall–Kier alpha value is -0.610. The van der Waals surface area contributed by atoms with E-state index < -0.39 is 0 Å². The van der Waals surface area contributed by atoms with E-state index in [1.165, 1.54) is 25.7 Å². The summed E-state index contributed by atoms with van der Waals surface area (Å²) in [7, 11) is 0. The highest BCUT2D eigenvalue weighted by Crippen LogP contribution is 2.39. The highest BCUT2D eigenvalue weighted by atomic mass is 16.3. The first kappa shape index (κ1) is 13.4. The summed E-state index contributed by atoms with van der Waals surface area (Å²) in [6, 6.07) is 0.630. The van der Waals surface area contributed by atoms with Gasteiger partial charge in [-0.15, -0.1) is 0 Å². The number of amides is 1. The fraction of sp³-hybridized carbons (Fsp3) is 0.933. The number of carbonyl (C=O) groups excluding carboxylic acids is 1. The average Bonchev–Trinajstić information content (AvgIpc) is 3.11. The predicted octanol–water partition coefficient (Wildman–Crippen LogP) is 1.28. The number of carbonyl (C=O) groups is 1. The number of nitrogens with zero attached hydrogens (tertiary/aromatic N) is 1. The molecule has 3 fully saturated rings. The normalized spacial score (nSPS) is 30.9. The zero-order valence-electron chi connectivity index (χ0n) is 11.7. The Bertz CT molecular complexity index is 335. The molecule has 108 valence electrons. The first-order valence-electron chi connectivity index (χ1n) is 7.88. The van der Waals surface area contributed by atoms with Gasteiger partial charge in [-0.2, -0.15) is 0 Å². The van der Waals surface area contributed by atoms with Crippen LogP contribution in [0.15, 0.2) is 0 Å². The van der Waals surface area contributed by atoms with Crippen LogP contribution >= 0.6 is 0 Å². The Morgan fingerprint density at radius 2 is 1.95 bits per heavy atom. The number of rotatable bonds is 5. The van der Waals surface area contributed by atoms with Gasteiger partial charge in [-0.3, -0.25) is 4.79 Å². The van der Waals surface area contributed by atoms with Crippen molar-refractivity contribution in [2.75, 3.05) is 19.7 Å². The van der Waals surface area contributed by atoms with E-state index in [4.69, 9.17) is 0 Å². The second-order valence-corrected chi connectivity index (χ2v) is 6.76. The Balaban J connectivity index is 1.61. The van der Waals surface area contributed by atoms with Gasteiger partial charge in [0.05, 0.1) is 12.6 Å². The Morgan fingerprint density at radius 3 is 2.58 bits per heavy atom. The molecule has 3 aliphatic rings. The van der Waals surface area contributed by atoms with E-state index in [-0.39, 0.29) is 24.0 Å². The Kier molecular flexibility index (Phi) is 3.81. The second-order valence-electron chi connectivity index (χ2n) is 6.76. The van der Waals surface area contributed by atoms with Crippen LogP contribution in [0.3, 0.4) is 0 Å². The molecule has 0 spiro atoms. The monoisotopic (exact) mass is 266 g/mol. The molecule has 1 heterocycles. The number of aliphatic hydroxyl groups is 1. The third-order valence-electron chi connectivity index (χ3n) is 5.07. The van der Waals surface area contributed by atoms with Crippen LogP contribution in [0.25, 0.3) is 0 Å². The van der Waals surface area contributed by atoms with E-state index in [0.29, 0.717) is 6.04 Å². The highest BCUT2D eigenvalue weighted by molar-refractivity contribution is 5.82. The van der Waals surface area contributed by atoms with Crippen molar-refractivity contribution < 1.29 is 9.90 Å². The average molecular weight is 266 g/mol. The highest BCUT2D eigenvalue weighted by Gasteiger charge is 2.39. The quantitative estimate of drug-likeness (QED) is 0.788. The lowest BCUT2D eigenvalue weighted by molar-refractivity contribution is -0.138. The lowest BCUT2D eigenvalue weighted by Crippen LogP contribution is -2.54. The molecular formula is C15H26N2O2. The molecule has 1 unspecified atom stereocenters. The molecule has 0 aromatic heterocycles. The minimum absolute atomic E-state index is 0.00285. The molecular weight excluding hydrogens is 240 g/mol. The molecule has 2 aliphatic carbocycles. The van der Waals surface area contributed by atoms with Crippen LogP contribution in [-0.4, -0.2) is 47.7 Å². The third-order valence-corrected chi connectivity index (χ3v) is 5.07. The van der Waals surface area contributed by atoms with Gasteiger partial charge in [0.15, 0.2) is 0 Å². The van der Waals surface area contributed by atoms with Crippen LogP contribution < -0.4 is 5.32 Å². The molecule has 0 radical (unpaired) electrons. The number of hydrogen-bond donors (Lipinski definition) is 2. The van der Waals surface area contributed by atoms with E-state index in [1.807, 2.05) is 4.90 Å². The van der Waals surface area contributed by atoms with Gasteiger partial charge in [0.25, 0.3) is 0 Å². The maximum absolute atomic E-state index is 12.5. The predicted molar refractivity (Wildman–Crippen MR) is 73.7 cm³/mol. The van der Waals surface area contributed by atoms with Gasteiger partial charge in [-0.1, -0.05) is 12.8 Å². The van der Waals surface area contributed by atoms with Crippen molar-refractivity contribution in [1.82, 2.24) is 10.2 Å². The van der Waals surface area contributed by atoms with Crippen LogP contribution in [0.4, 0.5) is 0 Å². The van der Waals surface area contributed by atoms with Crippen molar-refractivity contribution in [3.63, 3.8) is 0 Å². The SMILES string of the molecule is O=C1C(NC2CC2)CCCN1CC1(CO)CCCC1. The zero-order valence-corrected chi connectivity index (χ0v) is 11.7. The van der Waals surface area contributed by atoms with Gasteiger partial charge >= 0.3 is 0 Å². The van der Waals surface area contributed by atoms with Gasteiger partial charge in [-0.05, 0) is 38.5 Å². The van der Waals surface area contributed by atoms with Crippen LogP contribution in [0, 0.1) is 5.41 Å². The van der Waals surface area contributed by atoms with Crippen molar-refractivity contribution in [3.8, 4) is 0 Å². The van der Waals surface area contributed by atoms with Crippen molar-refractivity contribution in [2.45, 2.75) is 63.5 Å². The summed E-state index contributed by atoms with van der Waals surface area (Å²) in [6.45, 7) is 1.88. The van der Waals surface area contributed by atoms with Crippen molar-refractivity contribution in [2.24, 2.45) is 5.41 Å². The van der Waals surface area contributed by atoms with Crippen LogP contribution in [-0.2, 0) is 4.79 Å². The van der Waals surface area contributed by atoms with Crippen molar-refractivity contribution >= 4 is 5.91 Å². The second kappa shape index (κ2) is 5.41. The van der Waals surface area contributed by atoms with Crippen molar-refractivity contribution in [1.29, 1.82) is 0 Å². The van der Waals surface area contributed by atoms with Gasteiger partial charge in [0.2, 0.25) is 5.91 Å². The fourth-order valence-corrected chi connectivity index (χ4v) is 3.68. The smallest absolute Gasteiger partial charge is 0.239 e. The summed E-state index contributed by atoms with van der Waals surface area (Å²) in [6.07, 6.45) is 9.09. The summed E-state index contributed by atoms with van der Waals surface area (Å²) < 4.78 is 0. The molecule has 1 aliphatic heterocycles. The minimum Gasteiger partial charge on any atom is -0.396 e. The molecule has 0 aromatic carbocycles. The molecule has 1 atom stereocenters. The van der Waals surface area contributed by atoms with Gasteiger partial charge in [-0.25, -0.2) is 0 Å².